The number of hydrogen-bond acceptors (Lipinski definition) is 2. The molecule has 0 aliphatic rings. The van der Waals surface area contributed by atoms with Crippen LogP contribution in [0.3, 0.4) is 0 Å². The summed E-state index contributed by atoms with van der Waals surface area (Å²) in [7, 11) is 0. The summed E-state index contributed by atoms with van der Waals surface area (Å²) in [6.07, 6.45) is 1.42. The Morgan fingerprint density at radius 3 is 2.90 bits per heavy atom. The summed E-state index contributed by atoms with van der Waals surface area (Å²) in [6, 6.07) is 0. The Kier molecular flexibility index (Phi) is 2.56. The van der Waals surface area contributed by atoms with Crippen molar-refractivity contribution in [1.29, 1.82) is 0 Å². The van der Waals surface area contributed by atoms with Crippen LogP contribution in [0.15, 0.2) is 10.7 Å². The Bertz CT molecular complexity index is 243. The van der Waals surface area contributed by atoms with E-state index in [1.165, 1.54) is 6.20 Å². The van der Waals surface area contributed by atoms with E-state index in [1.54, 1.807) is 0 Å². The van der Waals surface area contributed by atoms with Gasteiger partial charge in [-0.1, -0.05) is 0 Å². The van der Waals surface area contributed by atoms with Crippen molar-refractivity contribution >= 4 is 27.5 Å². The van der Waals surface area contributed by atoms with Gasteiger partial charge in [-0.2, -0.15) is 0 Å². The van der Waals surface area contributed by atoms with Gasteiger partial charge < -0.3 is 0 Å². The number of aromatic nitrogens is 2. The third-order valence-corrected chi connectivity index (χ3v) is 1.76. The Labute approximate surface area is 70.6 Å². The molecule has 1 heterocycles. The summed E-state index contributed by atoms with van der Waals surface area (Å²) in [4.78, 5) is 7.25. The first-order valence-corrected chi connectivity index (χ1v) is 3.64. The van der Waals surface area contributed by atoms with Crippen LogP contribution in [0, 0.1) is 0 Å². The van der Waals surface area contributed by atoms with Gasteiger partial charge in [-0.15, -0.1) is 0 Å². The summed E-state index contributed by atoms with van der Waals surface area (Å²) < 4.78 is 12.5. The Hall–Kier alpha value is -0.220. The first-order valence-electron chi connectivity index (χ1n) is 2.47. The van der Waals surface area contributed by atoms with Gasteiger partial charge in [0, 0.05) is 6.20 Å². The van der Waals surface area contributed by atoms with Gasteiger partial charge in [0.1, 0.15) is 6.67 Å². The summed E-state index contributed by atoms with van der Waals surface area (Å²) >= 11 is 8.45. The second kappa shape index (κ2) is 3.25. The highest BCUT2D eigenvalue weighted by Crippen LogP contribution is 2.15. The van der Waals surface area contributed by atoms with Gasteiger partial charge in [0.2, 0.25) is 5.28 Å². The first kappa shape index (κ1) is 7.88. The summed E-state index contributed by atoms with van der Waals surface area (Å²) in [5.74, 6) is 0. The average molecular weight is 225 g/mol. The normalized spacial score (nSPS) is 9.90. The largest absolute Gasteiger partial charge is 0.244 e. The van der Waals surface area contributed by atoms with E-state index < -0.39 is 6.67 Å². The molecule has 0 fully saturated rings. The molecule has 1 rings (SSSR count). The van der Waals surface area contributed by atoms with Crippen LogP contribution in [0.5, 0.6) is 0 Å². The molecular weight excluding hydrogens is 222 g/mol. The molecule has 5 heteroatoms. The lowest BCUT2D eigenvalue weighted by molar-refractivity contribution is 0.473. The molecule has 1 aromatic rings. The molecular formula is C5H3BrClFN2. The third kappa shape index (κ3) is 1.64. The van der Waals surface area contributed by atoms with Crippen molar-refractivity contribution in [2.45, 2.75) is 6.67 Å². The van der Waals surface area contributed by atoms with Crippen LogP contribution in [0.2, 0.25) is 5.28 Å². The zero-order valence-corrected chi connectivity index (χ0v) is 7.15. The number of halogens is 3. The second-order valence-electron chi connectivity index (χ2n) is 1.57. The first-order chi connectivity index (χ1) is 4.74. The van der Waals surface area contributed by atoms with E-state index in [4.69, 9.17) is 11.6 Å². The van der Waals surface area contributed by atoms with E-state index >= 15 is 0 Å². The molecule has 10 heavy (non-hydrogen) atoms. The van der Waals surface area contributed by atoms with Crippen LogP contribution in [0.4, 0.5) is 4.39 Å². The second-order valence-corrected chi connectivity index (χ2v) is 2.76. The van der Waals surface area contributed by atoms with Gasteiger partial charge in [-0.3, -0.25) is 0 Å². The molecule has 0 saturated heterocycles. The highest BCUT2D eigenvalue weighted by atomic mass is 79.9. The molecule has 0 aliphatic carbocycles. The topological polar surface area (TPSA) is 25.8 Å². The maximum atomic E-state index is 12.0. The maximum absolute atomic E-state index is 12.0. The molecule has 0 aliphatic heterocycles. The lowest BCUT2D eigenvalue weighted by Crippen LogP contribution is -1.90. The van der Waals surface area contributed by atoms with Crippen LogP contribution in [-0.4, -0.2) is 9.97 Å². The van der Waals surface area contributed by atoms with Crippen LogP contribution in [0.1, 0.15) is 5.69 Å². The standard InChI is InChI=1S/C5H3BrClFN2/c6-3-2-9-5(7)10-4(3)1-8/h2H,1H2. The van der Waals surface area contributed by atoms with Crippen LogP contribution in [0.25, 0.3) is 0 Å². The van der Waals surface area contributed by atoms with Crippen molar-refractivity contribution in [2.75, 3.05) is 0 Å². The maximum Gasteiger partial charge on any atom is 0.222 e. The van der Waals surface area contributed by atoms with Gasteiger partial charge in [-0.25, -0.2) is 14.4 Å². The lowest BCUT2D eigenvalue weighted by atomic mass is 10.4. The van der Waals surface area contributed by atoms with Gasteiger partial charge in [0.05, 0.1) is 10.2 Å². The van der Waals surface area contributed by atoms with E-state index in [1.807, 2.05) is 0 Å². The summed E-state index contributed by atoms with van der Waals surface area (Å²) in [6.45, 7) is -0.636. The van der Waals surface area contributed by atoms with Crippen molar-refractivity contribution in [3.63, 3.8) is 0 Å². The molecule has 0 aromatic carbocycles. The van der Waals surface area contributed by atoms with Crippen LogP contribution in [-0.2, 0) is 6.67 Å². The Morgan fingerprint density at radius 2 is 2.40 bits per heavy atom. The summed E-state index contributed by atoms with van der Waals surface area (Å²) in [5.41, 5.74) is 0.278. The van der Waals surface area contributed by atoms with Crippen molar-refractivity contribution in [3.05, 3.63) is 21.6 Å². The predicted octanol–water partition coefficient (Wildman–Crippen LogP) is 2.36. The van der Waals surface area contributed by atoms with E-state index in [0.29, 0.717) is 4.47 Å². The van der Waals surface area contributed by atoms with E-state index in [0.717, 1.165) is 0 Å². The monoisotopic (exact) mass is 224 g/mol. The van der Waals surface area contributed by atoms with E-state index in [2.05, 4.69) is 25.9 Å². The van der Waals surface area contributed by atoms with Crippen LogP contribution < -0.4 is 0 Å². The zero-order valence-electron chi connectivity index (χ0n) is 4.81. The molecule has 0 saturated carbocycles. The predicted molar refractivity (Wildman–Crippen MR) is 39.6 cm³/mol. The number of rotatable bonds is 1. The van der Waals surface area contributed by atoms with Crippen molar-refractivity contribution in [3.8, 4) is 0 Å². The van der Waals surface area contributed by atoms with Gasteiger partial charge in [0.15, 0.2) is 0 Å². The molecule has 1 aromatic heterocycles. The van der Waals surface area contributed by atoms with Crippen LogP contribution >= 0.6 is 27.5 Å². The van der Waals surface area contributed by atoms with Crippen molar-refractivity contribution in [1.82, 2.24) is 9.97 Å². The minimum Gasteiger partial charge on any atom is -0.244 e. The fourth-order valence-electron chi connectivity index (χ4n) is 0.472. The molecule has 0 radical (unpaired) electrons. The Balaban J connectivity index is 3.09. The summed E-state index contributed by atoms with van der Waals surface area (Å²) in [5, 5.41) is 0.0656. The molecule has 0 atom stereocenters. The van der Waals surface area contributed by atoms with Gasteiger partial charge >= 0.3 is 0 Å². The lowest BCUT2D eigenvalue weighted by Gasteiger charge is -1.95. The van der Waals surface area contributed by atoms with Gasteiger partial charge in [-0.05, 0) is 27.5 Å². The quantitative estimate of drug-likeness (QED) is 0.686. The average Bonchev–Trinajstić information content (AvgIpc) is 1.94. The molecule has 0 spiro atoms. The number of hydrogen-bond donors (Lipinski definition) is 0. The molecule has 54 valence electrons. The SMILES string of the molecule is FCc1nc(Cl)ncc1Br. The number of alkyl halides is 1. The highest BCUT2D eigenvalue weighted by molar-refractivity contribution is 9.10. The van der Waals surface area contributed by atoms with E-state index in [-0.39, 0.29) is 11.0 Å². The molecule has 0 bridgehead atoms. The van der Waals surface area contributed by atoms with Gasteiger partial charge in [0.25, 0.3) is 0 Å². The molecule has 2 nitrogen and oxygen atoms in total. The fourth-order valence-corrected chi connectivity index (χ4v) is 0.920. The Morgan fingerprint density at radius 1 is 1.70 bits per heavy atom. The number of nitrogens with zero attached hydrogens (tertiary/aromatic N) is 2. The smallest absolute Gasteiger partial charge is 0.222 e. The minimum atomic E-state index is -0.636. The fraction of sp³-hybridized carbons (Fsp3) is 0.200. The molecule has 0 amide bonds. The van der Waals surface area contributed by atoms with Crippen molar-refractivity contribution < 1.29 is 4.39 Å². The van der Waals surface area contributed by atoms with Crippen molar-refractivity contribution in [2.24, 2.45) is 0 Å². The van der Waals surface area contributed by atoms with E-state index in [9.17, 15) is 4.39 Å². The minimum absolute atomic E-state index is 0.0656. The highest BCUT2D eigenvalue weighted by Gasteiger charge is 2.01. The third-order valence-electron chi connectivity index (χ3n) is 0.914. The molecule has 0 unspecified atom stereocenters. The zero-order chi connectivity index (χ0) is 7.56. The molecule has 0 N–H and O–H groups in total.